The second kappa shape index (κ2) is 4.84. The van der Waals surface area contributed by atoms with Gasteiger partial charge in [-0.25, -0.2) is 5.06 Å². The molecule has 0 radical (unpaired) electrons. The summed E-state index contributed by atoms with van der Waals surface area (Å²) in [5, 5.41) is 1.40. The van der Waals surface area contributed by atoms with Gasteiger partial charge in [-0.2, -0.15) is 0 Å². The first kappa shape index (κ1) is 11.4. The number of hydrogen-bond donors (Lipinski definition) is 0. The lowest BCUT2D eigenvalue weighted by molar-refractivity contribution is -0.0768. The third kappa shape index (κ3) is 2.20. The zero-order chi connectivity index (χ0) is 11.5. The van der Waals surface area contributed by atoms with E-state index >= 15 is 0 Å². The number of hydrogen-bond acceptors (Lipinski definition) is 3. The van der Waals surface area contributed by atoms with Gasteiger partial charge < -0.3 is 4.74 Å². The van der Waals surface area contributed by atoms with Crippen molar-refractivity contribution in [1.29, 1.82) is 0 Å². The number of nitrogens with zero attached hydrogens (tertiary/aromatic N) is 1. The maximum atomic E-state index is 11.9. The monoisotopic (exact) mass is 285 g/mol. The number of methoxy groups -OCH3 is 1. The van der Waals surface area contributed by atoms with Crippen molar-refractivity contribution in [1.82, 2.24) is 5.06 Å². The summed E-state index contributed by atoms with van der Waals surface area (Å²) in [6, 6.07) is 5.23. The van der Waals surface area contributed by atoms with Crippen molar-refractivity contribution in [3.63, 3.8) is 0 Å². The van der Waals surface area contributed by atoms with E-state index in [9.17, 15) is 4.79 Å². The van der Waals surface area contributed by atoms with E-state index in [-0.39, 0.29) is 5.91 Å². The molecule has 2 rings (SSSR count). The summed E-state index contributed by atoms with van der Waals surface area (Å²) in [5.74, 6) is 0.597. The molecule has 0 N–H and O–H groups in total. The van der Waals surface area contributed by atoms with E-state index in [1.165, 1.54) is 5.06 Å². The molecule has 16 heavy (non-hydrogen) atoms. The Balaban J connectivity index is 2.20. The molecule has 1 aliphatic rings. The Morgan fingerprint density at radius 2 is 2.38 bits per heavy atom. The molecule has 1 aromatic carbocycles. The molecular formula is C11H12BrNO3. The molecule has 0 atom stereocenters. The number of benzene rings is 1. The highest BCUT2D eigenvalue weighted by molar-refractivity contribution is 9.10. The molecule has 4 nitrogen and oxygen atoms in total. The SMILES string of the molecule is COc1ccc(C(=O)N2CCCO2)cc1Br. The molecule has 0 aromatic heterocycles. The largest absolute Gasteiger partial charge is 0.496 e. The average molecular weight is 286 g/mol. The summed E-state index contributed by atoms with van der Waals surface area (Å²) in [5.41, 5.74) is 0.592. The van der Waals surface area contributed by atoms with Gasteiger partial charge in [0, 0.05) is 5.56 Å². The quantitative estimate of drug-likeness (QED) is 0.837. The lowest BCUT2D eigenvalue weighted by atomic mass is 10.2. The number of rotatable bonds is 2. The van der Waals surface area contributed by atoms with Crippen LogP contribution >= 0.6 is 15.9 Å². The molecule has 1 aliphatic heterocycles. The molecule has 1 heterocycles. The van der Waals surface area contributed by atoms with Gasteiger partial charge in [-0.3, -0.25) is 9.63 Å². The molecule has 0 bridgehead atoms. The molecular weight excluding hydrogens is 274 g/mol. The van der Waals surface area contributed by atoms with Gasteiger partial charge in [0.2, 0.25) is 0 Å². The molecule has 0 aliphatic carbocycles. The molecule has 0 unspecified atom stereocenters. The summed E-state index contributed by atoms with van der Waals surface area (Å²) in [4.78, 5) is 17.1. The van der Waals surface area contributed by atoms with Gasteiger partial charge >= 0.3 is 0 Å². The first-order valence-corrected chi connectivity index (χ1v) is 5.80. The fourth-order valence-corrected chi connectivity index (χ4v) is 2.09. The van der Waals surface area contributed by atoms with Gasteiger partial charge in [0.15, 0.2) is 0 Å². The van der Waals surface area contributed by atoms with Crippen LogP contribution in [0.4, 0.5) is 0 Å². The molecule has 0 saturated carbocycles. The predicted molar refractivity (Wildman–Crippen MR) is 62.3 cm³/mol. The van der Waals surface area contributed by atoms with E-state index < -0.39 is 0 Å². The highest BCUT2D eigenvalue weighted by Gasteiger charge is 2.21. The van der Waals surface area contributed by atoms with Crippen molar-refractivity contribution in [2.24, 2.45) is 0 Å². The van der Waals surface area contributed by atoms with Crippen molar-refractivity contribution in [3.05, 3.63) is 28.2 Å². The first-order chi connectivity index (χ1) is 7.72. The van der Waals surface area contributed by atoms with Crippen LogP contribution in [-0.2, 0) is 4.84 Å². The van der Waals surface area contributed by atoms with Crippen molar-refractivity contribution in [2.45, 2.75) is 6.42 Å². The summed E-state index contributed by atoms with van der Waals surface area (Å²) in [6.07, 6.45) is 0.892. The minimum absolute atomic E-state index is 0.110. The van der Waals surface area contributed by atoms with Crippen LogP contribution in [-0.4, -0.2) is 31.2 Å². The van der Waals surface area contributed by atoms with Gasteiger partial charge in [-0.05, 0) is 40.5 Å². The van der Waals surface area contributed by atoms with E-state index in [0.29, 0.717) is 24.5 Å². The third-order valence-corrected chi connectivity index (χ3v) is 3.00. The van der Waals surface area contributed by atoms with Crippen LogP contribution < -0.4 is 4.74 Å². The van der Waals surface area contributed by atoms with E-state index in [1.54, 1.807) is 25.3 Å². The van der Waals surface area contributed by atoms with Crippen LogP contribution in [0.5, 0.6) is 5.75 Å². The third-order valence-electron chi connectivity index (χ3n) is 2.38. The zero-order valence-corrected chi connectivity index (χ0v) is 10.5. The van der Waals surface area contributed by atoms with Crippen LogP contribution in [0.3, 0.4) is 0 Å². The lowest BCUT2D eigenvalue weighted by Gasteiger charge is -2.14. The van der Waals surface area contributed by atoms with Crippen LogP contribution in [0.2, 0.25) is 0 Å². The second-order valence-electron chi connectivity index (χ2n) is 3.44. The van der Waals surface area contributed by atoms with Gasteiger partial charge in [0.25, 0.3) is 5.91 Å². The predicted octanol–water partition coefficient (Wildman–Crippen LogP) is 2.24. The summed E-state index contributed by atoms with van der Waals surface area (Å²) >= 11 is 3.35. The van der Waals surface area contributed by atoms with E-state index in [4.69, 9.17) is 9.57 Å². The van der Waals surface area contributed by atoms with Crippen LogP contribution in [0.25, 0.3) is 0 Å². The number of halogens is 1. The number of carbonyl (C=O) groups excluding carboxylic acids is 1. The smallest absolute Gasteiger partial charge is 0.277 e. The Morgan fingerprint density at radius 1 is 1.56 bits per heavy atom. The Morgan fingerprint density at radius 3 is 2.94 bits per heavy atom. The molecule has 0 spiro atoms. The first-order valence-electron chi connectivity index (χ1n) is 5.00. The zero-order valence-electron chi connectivity index (χ0n) is 8.90. The van der Waals surface area contributed by atoms with Crippen LogP contribution in [0.15, 0.2) is 22.7 Å². The van der Waals surface area contributed by atoms with Gasteiger partial charge in [0.05, 0.1) is 24.7 Å². The lowest BCUT2D eigenvalue weighted by Crippen LogP contribution is -2.26. The Hall–Kier alpha value is -1.07. The average Bonchev–Trinajstić information content (AvgIpc) is 2.81. The van der Waals surface area contributed by atoms with Crippen LogP contribution in [0.1, 0.15) is 16.8 Å². The molecule has 1 amide bonds. The van der Waals surface area contributed by atoms with Crippen molar-refractivity contribution >= 4 is 21.8 Å². The Kier molecular flexibility index (Phi) is 3.46. The number of amides is 1. The summed E-state index contributed by atoms with van der Waals surface area (Å²) < 4.78 is 5.87. The Labute approximate surface area is 102 Å². The molecule has 1 fully saturated rings. The van der Waals surface area contributed by atoms with E-state index in [2.05, 4.69) is 15.9 Å². The minimum atomic E-state index is -0.110. The normalized spacial score (nSPS) is 15.2. The van der Waals surface area contributed by atoms with E-state index in [1.807, 2.05) is 0 Å². The molecule has 86 valence electrons. The molecule has 1 saturated heterocycles. The fourth-order valence-electron chi connectivity index (χ4n) is 1.55. The second-order valence-corrected chi connectivity index (χ2v) is 4.30. The fraction of sp³-hybridized carbons (Fsp3) is 0.364. The highest BCUT2D eigenvalue weighted by Crippen LogP contribution is 2.26. The van der Waals surface area contributed by atoms with Gasteiger partial charge in [0.1, 0.15) is 5.75 Å². The maximum Gasteiger partial charge on any atom is 0.277 e. The number of carbonyl (C=O) groups is 1. The van der Waals surface area contributed by atoms with Crippen molar-refractivity contribution in [2.75, 3.05) is 20.3 Å². The number of hydroxylamine groups is 2. The number of ether oxygens (including phenoxy) is 1. The topological polar surface area (TPSA) is 38.8 Å². The molecule has 1 aromatic rings. The van der Waals surface area contributed by atoms with Gasteiger partial charge in [-0.15, -0.1) is 0 Å². The van der Waals surface area contributed by atoms with E-state index in [0.717, 1.165) is 10.9 Å². The standard InChI is InChI=1S/C11H12BrNO3/c1-15-10-4-3-8(7-9(10)12)11(14)13-5-2-6-16-13/h3-4,7H,2,5-6H2,1H3. The van der Waals surface area contributed by atoms with Gasteiger partial charge in [-0.1, -0.05) is 0 Å². The van der Waals surface area contributed by atoms with Crippen LogP contribution in [0, 0.1) is 0 Å². The van der Waals surface area contributed by atoms with Crippen molar-refractivity contribution in [3.8, 4) is 5.75 Å². The maximum absolute atomic E-state index is 11.9. The van der Waals surface area contributed by atoms with Crippen molar-refractivity contribution < 1.29 is 14.4 Å². The summed E-state index contributed by atoms with van der Waals surface area (Å²) in [6.45, 7) is 1.27. The Bertz CT molecular complexity index is 402. The highest BCUT2D eigenvalue weighted by atomic mass is 79.9. The summed E-state index contributed by atoms with van der Waals surface area (Å²) in [7, 11) is 1.59. The molecule has 5 heteroatoms. The minimum Gasteiger partial charge on any atom is -0.496 e.